The van der Waals surface area contributed by atoms with Gasteiger partial charge in [-0.3, -0.25) is 38.8 Å². The summed E-state index contributed by atoms with van der Waals surface area (Å²) in [7, 11) is 0. The molecule has 6 rings (SSSR count). The molecule has 0 spiro atoms. The molecule has 10 heteroatoms. The van der Waals surface area contributed by atoms with Crippen LogP contribution in [0.5, 0.6) is 0 Å². The topological polar surface area (TPSA) is 105 Å². The molecule has 2 aliphatic heterocycles. The molecule has 4 aromatic carbocycles. The van der Waals surface area contributed by atoms with Gasteiger partial charge in [-0.05, 0) is 114 Å². The first-order valence-corrected chi connectivity index (χ1v) is 19.8. The van der Waals surface area contributed by atoms with Gasteiger partial charge in [0.1, 0.15) is 0 Å². The molecule has 2 fully saturated rings. The zero-order chi connectivity index (χ0) is 40.8. The number of carbonyl (C=O) groups excluding carboxylic acids is 4. The summed E-state index contributed by atoms with van der Waals surface area (Å²) in [6, 6.07) is 26.7. The van der Waals surface area contributed by atoms with Crippen LogP contribution in [0.15, 0.2) is 84.9 Å². The first-order valence-electron chi connectivity index (χ1n) is 19.8. The normalized spacial score (nSPS) is 19.9. The van der Waals surface area contributed by atoms with E-state index in [1.165, 1.54) is 0 Å². The Hall–Kier alpha value is -5.32. The highest BCUT2D eigenvalue weighted by molar-refractivity contribution is 6.11. The average Bonchev–Trinajstić information content (AvgIpc) is 3.56. The van der Waals surface area contributed by atoms with Crippen molar-refractivity contribution in [3.05, 3.63) is 118 Å². The van der Waals surface area contributed by atoms with Gasteiger partial charge in [0.2, 0.25) is 11.8 Å². The molecule has 0 saturated carbocycles. The molecule has 2 heterocycles. The summed E-state index contributed by atoms with van der Waals surface area (Å²) >= 11 is 0. The van der Waals surface area contributed by atoms with Crippen LogP contribution in [0.25, 0.3) is 0 Å². The van der Waals surface area contributed by atoms with Crippen LogP contribution < -0.4 is 20.4 Å². The van der Waals surface area contributed by atoms with Crippen LogP contribution in [-0.2, 0) is 19.2 Å². The summed E-state index contributed by atoms with van der Waals surface area (Å²) in [6.45, 7) is 21.1. The van der Waals surface area contributed by atoms with Crippen LogP contribution in [0.4, 0.5) is 22.7 Å². The zero-order valence-corrected chi connectivity index (χ0v) is 34.6. The molecule has 0 unspecified atom stereocenters. The lowest BCUT2D eigenvalue weighted by Gasteiger charge is -2.30. The van der Waals surface area contributed by atoms with Gasteiger partial charge < -0.3 is 10.6 Å². The maximum Gasteiger partial charge on any atom is 0.262 e. The molecular weight excluding hydrogens is 701 g/mol. The Labute approximate surface area is 332 Å². The van der Waals surface area contributed by atoms with E-state index in [-0.39, 0.29) is 35.7 Å². The molecule has 2 N–H and O–H groups in total. The number of carbonyl (C=O) groups is 4. The summed E-state index contributed by atoms with van der Waals surface area (Å²) < 4.78 is 0. The average molecular weight is 759 g/mol. The quantitative estimate of drug-likeness (QED) is 0.170. The number of anilines is 4. The van der Waals surface area contributed by atoms with Gasteiger partial charge in [-0.15, -0.1) is 0 Å². The summed E-state index contributed by atoms with van der Waals surface area (Å²) in [4.78, 5) is 60.5. The number of amides is 4. The Bertz CT molecular complexity index is 1890. The maximum atomic E-state index is 13.4. The number of para-hydroxylation sites is 4. The number of benzene rings is 4. The van der Waals surface area contributed by atoms with Crippen LogP contribution in [-0.4, -0.2) is 70.9 Å². The van der Waals surface area contributed by atoms with Crippen molar-refractivity contribution in [2.75, 3.05) is 33.5 Å². The highest BCUT2D eigenvalue weighted by Gasteiger charge is 2.49. The second-order valence-corrected chi connectivity index (χ2v) is 15.1. The van der Waals surface area contributed by atoms with Crippen molar-refractivity contribution < 1.29 is 19.2 Å². The van der Waals surface area contributed by atoms with Crippen molar-refractivity contribution >= 4 is 46.4 Å². The molecule has 10 nitrogen and oxygen atoms in total. The Morgan fingerprint density at radius 2 is 0.804 bits per heavy atom. The van der Waals surface area contributed by atoms with E-state index in [0.717, 1.165) is 69.0 Å². The van der Waals surface area contributed by atoms with Gasteiger partial charge in [-0.1, -0.05) is 86.6 Å². The number of nitrogens with one attached hydrogen (secondary N) is 2. The van der Waals surface area contributed by atoms with E-state index in [1.807, 2.05) is 150 Å². The number of rotatable bonds is 10. The van der Waals surface area contributed by atoms with Gasteiger partial charge in [-0.25, -0.2) is 0 Å². The fraction of sp³-hybridized carbons (Fsp3) is 0.391. The van der Waals surface area contributed by atoms with E-state index in [9.17, 15) is 19.2 Å². The lowest BCUT2D eigenvalue weighted by Crippen LogP contribution is -2.49. The fourth-order valence-electron chi connectivity index (χ4n) is 7.90. The van der Waals surface area contributed by atoms with E-state index in [1.54, 1.807) is 9.80 Å². The van der Waals surface area contributed by atoms with Crippen LogP contribution in [0.3, 0.4) is 0 Å². The van der Waals surface area contributed by atoms with Gasteiger partial charge in [0.25, 0.3) is 11.8 Å². The third-order valence-electron chi connectivity index (χ3n) is 10.9. The molecule has 0 bridgehead atoms. The minimum atomic E-state index is -0.664. The van der Waals surface area contributed by atoms with Crippen LogP contribution in [0.1, 0.15) is 73.9 Å². The molecule has 0 aliphatic carbocycles. The predicted molar refractivity (Wildman–Crippen MR) is 227 cm³/mol. The molecule has 2 aliphatic rings. The number of hydrogen-bond acceptors (Lipinski definition) is 6. The lowest BCUT2D eigenvalue weighted by molar-refractivity contribution is -0.121. The third kappa shape index (κ3) is 8.41. The highest BCUT2D eigenvalue weighted by atomic mass is 16.2. The largest absolute Gasteiger partial charge is 0.323 e. The van der Waals surface area contributed by atoms with Crippen molar-refractivity contribution in [3.8, 4) is 0 Å². The van der Waals surface area contributed by atoms with E-state index < -0.39 is 12.3 Å². The zero-order valence-electron chi connectivity index (χ0n) is 34.6. The highest BCUT2D eigenvalue weighted by Crippen LogP contribution is 2.34. The van der Waals surface area contributed by atoms with Gasteiger partial charge in [0.05, 0.1) is 12.1 Å². The summed E-state index contributed by atoms with van der Waals surface area (Å²) in [5, 5.41) is 6.19. The third-order valence-corrected chi connectivity index (χ3v) is 10.9. The number of nitrogens with zero attached hydrogens (tertiary/aromatic N) is 4. The molecule has 56 heavy (non-hydrogen) atoms. The second kappa shape index (κ2) is 18.1. The minimum Gasteiger partial charge on any atom is -0.323 e. The van der Waals surface area contributed by atoms with Gasteiger partial charge in [0, 0.05) is 35.8 Å². The molecule has 4 aromatic rings. The number of hydrogen-bond donors (Lipinski definition) is 2. The van der Waals surface area contributed by atoms with Crippen molar-refractivity contribution in [3.63, 3.8) is 0 Å². The van der Waals surface area contributed by atoms with E-state index >= 15 is 0 Å². The molecule has 0 radical (unpaired) electrons. The first-order chi connectivity index (χ1) is 26.7. The Balaban J connectivity index is 0.000000214. The van der Waals surface area contributed by atoms with E-state index in [4.69, 9.17) is 0 Å². The molecule has 0 aromatic heterocycles. The van der Waals surface area contributed by atoms with E-state index in [2.05, 4.69) is 24.5 Å². The van der Waals surface area contributed by atoms with Crippen LogP contribution >= 0.6 is 0 Å². The molecule has 2 saturated heterocycles. The minimum absolute atomic E-state index is 0.0376. The Morgan fingerprint density at radius 3 is 1.11 bits per heavy atom. The standard InChI is InChI=1S/2C23H29N3O2/c2*1-6-14-25-18(5)23(28)26(19-13-8-7-10-15(19)2)22(25)21(27)24-20-16(3)11-9-12-17(20)4/h2*7-13,18,22H,6,14H2,1-5H3,(H,24,27)/t2*18-,22+/m10/s1. The molecule has 4 amide bonds. The van der Waals surface area contributed by atoms with Crippen molar-refractivity contribution in [2.45, 2.75) is 106 Å². The molecule has 4 atom stereocenters. The fourth-order valence-corrected chi connectivity index (χ4v) is 7.90. The van der Waals surface area contributed by atoms with Gasteiger partial charge in [0.15, 0.2) is 12.3 Å². The second-order valence-electron chi connectivity index (χ2n) is 15.1. The van der Waals surface area contributed by atoms with Crippen molar-refractivity contribution in [1.82, 2.24) is 9.80 Å². The Morgan fingerprint density at radius 1 is 0.500 bits per heavy atom. The lowest BCUT2D eigenvalue weighted by atomic mass is 10.1. The Kier molecular flexibility index (Phi) is 13.5. The van der Waals surface area contributed by atoms with Crippen molar-refractivity contribution in [1.29, 1.82) is 0 Å². The van der Waals surface area contributed by atoms with Crippen LogP contribution in [0, 0.1) is 41.5 Å². The van der Waals surface area contributed by atoms with E-state index in [0.29, 0.717) is 13.1 Å². The summed E-state index contributed by atoms with van der Waals surface area (Å²) in [5.74, 6) is -0.424. The summed E-state index contributed by atoms with van der Waals surface area (Å²) in [6.07, 6.45) is 0.406. The predicted octanol–water partition coefficient (Wildman–Crippen LogP) is 8.05. The maximum absolute atomic E-state index is 13.4. The molecular formula is C46H58N6O4. The SMILES string of the molecule is CCCN1[C@@H](C)C(=O)N(c2ccccc2C)[C@@H]1C(=O)Nc1c(C)cccc1C.CCCN1[C@H](C)C(=O)N(c2ccccc2C)[C@H]1C(=O)Nc1c(C)cccc1C. The van der Waals surface area contributed by atoms with Crippen LogP contribution in [0.2, 0.25) is 0 Å². The van der Waals surface area contributed by atoms with Gasteiger partial charge >= 0.3 is 0 Å². The number of aryl methyl sites for hydroxylation is 6. The first kappa shape index (κ1) is 41.8. The monoisotopic (exact) mass is 758 g/mol. The summed E-state index contributed by atoms with van der Waals surface area (Å²) in [5.41, 5.74) is 9.22. The molecule has 296 valence electrons. The smallest absolute Gasteiger partial charge is 0.262 e. The van der Waals surface area contributed by atoms with Gasteiger partial charge in [-0.2, -0.15) is 0 Å². The van der Waals surface area contributed by atoms with Crippen molar-refractivity contribution in [2.24, 2.45) is 0 Å².